The predicted octanol–water partition coefficient (Wildman–Crippen LogP) is 2.02. The number of hydrogen-bond acceptors (Lipinski definition) is 5. The van der Waals surface area contributed by atoms with E-state index in [1.165, 1.54) is 26.2 Å². The van der Waals surface area contributed by atoms with Gasteiger partial charge in [-0.1, -0.05) is 6.92 Å². The number of amides is 3. The van der Waals surface area contributed by atoms with Gasteiger partial charge in [0.05, 0.1) is 21.3 Å². The normalized spacial score (nSPS) is 15.8. The quantitative estimate of drug-likeness (QED) is 0.641. The molecule has 1 heterocycles. The number of urea groups is 1. The Morgan fingerprint density at radius 2 is 1.65 bits per heavy atom. The van der Waals surface area contributed by atoms with Gasteiger partial charge in [0, 0.05) is 18.2 Å². The molecular formula is C16H20N2O5. The first kappa shape index (κ1) is 16.7. The molecule has 0 unspecified atom stereocenters. The molecule has 0 aliphatic carbocycles. The van der Waals surface area contributed by atoms with Crippen LogP contribution in [-0.2, 0) is 4.79 Å². The molecular weight excluding hydrogens is 300 g/mol. The molecule has 0 saturated carbocycles. The van der Waals surface area contributed by atoms with Gasteiger partial charge in [-0.15, -0.1) is 0 Å². The lowest BCUT2D eigenvalue weighted by molar-refractivity contribution is -0.122. The van der Waals surface area contributed by atoms with Crippen molar-refractivity contribution in [1.29, 1.82) is 0 Å². The summed E-state index contributed by atoms with van der Waals surface area (Å²) in [6.07, 6.45) is 2.27. The first-order valence-electron chi connectivity index (χ1n) is 7.20. The van der Waals surface area contributed by atoms with E-state index in [1.807, 2.05) is 6.92 Å². The van der Waals surface area contributed by atoms with Crippen LogP contribution in [0.25, 0.3) is 6.08 Å². The second kappa shape index (κ2) is 7.04. The lowest BCUT2D eigenvalue weighted by atomic mass is 10.1. The Balaban J connectivity index is 2.42. The topological polar surface area (TPSA) is 77.1 Å². The van der Waals surface area contributed by atoms with E-state index in [-0.39, 0.29) is 11.6 Å². The molecule has 124 valence electrons. The number of rotatable bonds is 6. The first-order valence-corrected chi connectivity index (χ1v) is 7.20. The van der Waals surface area contributed by atoms with Crippen LogP contribution in [0.2, 0.25) is 0 Å². The third-order valence-electron chi connectivity index (χ3n) is 3.45. The Morgan fingerprint density at radius 3 is 2.22 bits per heavy atom. The van der Waals surface area contributed by atoms with Gasteiger partial charge >= 0.3 is 6.03 Å². The summed E-state index contributed by atoms with van der Waals surface area (Å²) in [6.45, 7) is 2.28. The minimum absolute atomic E-state index is 0.203. The number of carbonyl (C=O) groups is 2. The van der Waals surface area contributed by atoms with Gasteiger partial charge in [-0.3, -0.25) is 9.69 Å². The van der Waals surface area contributed by atoms with E-state index in [2.05, 4.69) is 5.32 Å². The van der Waals surface area contributed by atoms with Crippen molar-refractivity contribution in [2.24, 2.45) is 0 Å². The summed E-state index contributed by atoms with van der Waals surface area (Å²) in [4.78, 5) is 25.3. The smallest absolute Gasteiger partial charge is 0.329 e. The van der Waals surface area contributed by atoms with E-state index in [9.17, 15) is 9.59 Å². The number of carbonyl (C=O) groups excluding carboxylic acids is 2. The van der Waals surface area contributed by atoms with E-state index in [0.29, 0.717) is 35.8 Å². The van der Waals surface area contributed by atoms with E-state index in [4.69, 9.17) is 14.2 Å². The molecule has 1 aliphatic rings. The molecule has 2 rings (SSSR count). The van der Waals surface area contributed by atoms with Crippen LogP contribution in [0.3, 0.4) is 0 Å². The number of benzene rings is 1. The Bertz CT molecular complexity index is 654. The van der Waals surface area contributed by atoms with Crippen molar-refractivity contribution in [3.8, 4) is 17.2 Å². The van der Waals surface area contributed by atoms with Gasteiger partial charge in [-0.25, -0.2) is 4.79 Å². The maximum atomic E-state index is 12.3. The standard InChI is InChI=1S/C16H20N2O5/c1-5-6-18-15(19)11(17-16(18)20)7-10-8-13(22-3)14(23-4)9-12(10)21-2/h7-9H,5-6H2,1-4H3,(H,17,20)/b11-7+. The molecule has 23 heavy (non-hydrogen) atoms. The number of nitrogens with one attached hydrogen (secondary N) is 1. The molecule has 7 heteroatoms. The zero-order valence-corrected chi connectivity index (χ0v) is 13.6. The molecule has 7 nitrogen and oxygen atoms in total. The van der Waals surface area contributed by atoms with Crippen LogP contribution in [0.15, 0.2) is 17.8 Å². The second-order valence-electron chi connectivity index (χ2n) is 4.89. The number of methoxy groups -OCH3 is 3. The molecule has 0 aromatic heterocycles. The van der Waals surface area contributed by atoms with E-state index in [1.54, 1.807) is 18.2 Å². The average molecular weight is 320 g/mol. The molecule has 0 bridgehead atoms. The van der Waals surface area contributed by atoms with Crippen molar-refractivity contribution in [2.75, 3.05) is 27.9 Å². The van der Waals surface area contributed by atoms with Crippen LogP contribution in [0.5, 0.6) is 17.2 Å². The van der Waals surface area contributed by atoms with Crippen molar-refractivity contribution < 1.29 is 23.8 Å². The van der Waals surface area contributed by atoms with Crippen LogP contribution in [0.4, 0.5) is 4.79 Å². The molecule has 1 saturated heterocycles. The van der Waals surface area contributed by atoms with E-state index < -0.39 is 6.03 Å². The number of nitrogens with zero attached hydrogens (tertiary/aromatic N) is 1. The van der Waals surface area contributed by atoms with Gasteiger partial charge < -0.3 is 19.5 Å². The number of ether oxygens (including phenoxy) is 3. The summed E-state index contributed by atoms with van der Waals surface area (Å²) in [5.74, 6) is 1.17. The van der Waals surface area contributed by atoms with E-state index in [0.717, 1.165) is 0 Å². The van der Waals surface area contributed by atoms with Gasteiger partial charge in [-0.05, 0) is 18.6 Å². The van der Waals surface area contributed by atoms with Gasteiger partial charge in [0.1, 0.15) is 11.4 Å². The highest BCUT2D eigenvalue weighted by Gasteiger charge is 2.32. The van der Waals surface area contributed by atoms with Gasteiger partial charge in [-0.2, -0.15) is 0 Å². The Morgan fingerprint density at radius 1 is 1.04 bits per heavy atom. The van der Waals surface area contributed by atoms with Crippen LogP contribution in [0.1, 0.15) is 18.9 Å². The fraction of sp³-hybridized carbons (Fsp3) is 0.375. The summed E-state index contributed by atoms with van der Waals surface area (Å²) in [7, 11) is 4.56. The van der Waals surface area contributed by atoms with Crippen LogP contribution >= 0.6 is 0 Å². The average Bonchev–Trinajstić information content (AvgIpc) is 2.82. The lowest BCUT2D eigenvalue weighted by Crippen LogP contribution is -2.31. The summed E-state index contributed by atoms with van der Waals surface area (Å²) < 4.78 is 15.8. The highest BCUT2D eigenvalue weighted by atomic mass is 16.5. The summed E-state index contributed by atoms with van der Waals surface area (Å²) in [5, 5.41) is 2.58. The van der Waals surface area contributed by atoms with Crippen molar-refractivity contribution in [2.45, 2.75) is 13.3 Å². The summed E-state index contributed by atoms with van der Waals surface area (Å²) in [6, 6.07) is 2.94. The zero-order valence-electron chi connectivity index (χ0n) is 13.6. The first-order chi connectivity index (χ1) is 11.0. The van der Waals surface area contributed by atoms with Crippen molar-refractivity contribution >= 4 is 18.0 Å². The maximum Gasteiger partial charge on any atom is 0.329 e. The molecule has 1 aliphatic heterocycles. The minimum Gasteiger partial charge on any atom is -0.496 e. The highest BCUT2D eigenvalue weighted by molar-refractivity contribution is 6.14. The summed E-state index contributed by atoms with van der Waals surface area (Å²) >= 11 is 0. The molecule has 0 atom stereocenters. The van der Waals surface area contributed by atoms with Crippen LogP contribution in [0, 0.1) is 0 Å². The molecule has 1 aromatic carbocycles. The molecule has 0 radical (unpaired) electrons. The fourth-order valence-electron chi connectivity index (χ4n) is 2.32. The lowest BCUT2D eigenvalue weighted by Gasteiger charge is -2.12. The van der Waals surface area contributed by atoms with Gasteiger partial charge in [0.25, 0.3) is 5.91 Å². The number of hydrogen-bond donors (Lipinski definition) is 1. The molecule has 3 amide bonds. The number of imide groups is 1. The Hall–Kier alpha value is -2.70. The predicted molar refractivity (Wildman–Crippen MR) is 84.6 cm³/mol. The molecule has 1 aromatic rings. The van der Waals surface area contributed by atoms with Crippen molar-refractivity contribution in [3.63, 3.8) is 0 Å². The highest BCUT2D eigenvalue weighted by Crippen LogP contribution is 2.35. The fourth-order valence-corrected chi connectivity index (χ4v) is 2.32. The minimum atomic E-state index is -0.414. The molecule has 0 spiro atoms. The SMILES string of the molecule is CCCN1C(=O)N/C(=C/c2cc(OC)c(OC)cc2OC)C1=O. The van der Waals surface area contributed by atoms with Crippen LogP contribution < -0.4 is 19.5 Å². The van der Waals surface area contributed by atoms with E-state index >= 15 is 0 Å². The molecule has 1 N–H and O–H groups in total. The largest absolute Gasteiger partial charge is 0.496 e. The van der Waals surface area contributed by atoms with Crippen LogP contribution in [-0.4, -0.2) is 44.7 Å². The Labute approximate surface area is 134 Å². The van der Waals surface area contributed by atoms with Crippen molar-refractivity contribution in [3.05, 3.63) is 23.4 Å². The third-order valence-corrected chi connectivity index (χ3v) is 3.45. The van der Waals surface area contributed by atoms with Gasteiger partial charge in [0.15, 0.2) is 11.5 Å². The second-order valence-corrected chi connectivity index (χ2v) is 4.89. The monoisotopic (exact) mass is 320 g/mol. The van der Waals surface area contributed by atoms with Crippen molar-refractivity contribution in [1.82, 2.24) is 10.2 Å². The Kier molecular flexibility index (Phi) is 5.10. The zero-order chi connectivity index (χ0) is 17.0. The van der Waals surface area contributed by atoms with Gasteiger partial charge in [0.2, 0.25) is 0 Å². The summed E-state index contributed by atoms with van der Waals surface area (Å²) in [5.41, 5.74) is 0.807. The molecule has 1 fully saturated rings. The maximum absolute atomic E-state index is 12.3. The third kappa shape index (κ3) is 3.23.